The van der Waals surface area contributed by atoms with Crippen molar-refractivity contribution in [2.45, 2.75) is 56.4 Å². The summed E-state index contributed by atoms with van der Waals surface area (Å²) in [6, 6.07) is 1.38. The first-order valence-electron chi connectivity index (χ1n) is 6.80. The summed E-state index contributed by atoms with van der Waals surface area (Å²) in [7, 11) is 0. The second-order valence-corrected chi connectivity index (χ2v) is 7.07. The second-order valence-electron chi connectivity index (χ2n) is 6.15. The number of esters is 1. The molecule has 0 bridgehead atoms. The molecule has 20 heavy (non-hydrogen) atoms. The molecule has 0 aliphatic heterocycles. The molecule has 5 heteroatoms. The van der Waals surface area contributed by atoms with E-state index in [1.54, 1.807) is 20.8 Å². The molecule has 1 aliphatic rings. The number of ether oxygens (including phenoxy) is 1. The fourth-order valence-corrected chi connectivity index (χ4v) is 2.63. The summed E-state index contributed by atoms with van der Waals surface area (Å²) in [6.45, 7) is 5.42. The lowest BCUT2D eigenvalue weighted by Crippen LogP contribution is -2.27. The van der Waals surface area contributed by atoms with Crippen molar-refractivity contribution >= 4 is 21.9 Å². The van der Waals surface area contributed by atoms with Crippen LogP contribution in [0.2, 0.25) is 0 Å². The molecule has 1 aromatic rings. The Morgan fingerprint density at radius 3 is 2.65 bits per heavy atom. The molecule has 0 saturated heterocycles. The van der Waals surface area contributed by atoms with Crippen LogP contribution in [-0.4, -0.2) is 16.6 Å². The molecular weight excluding hydrogens is 325 g/mol. The molecule has 1 atom stereocenters. The van der Waals surface area contributed by atoms with Crippen molar-refractivity contribution in [2.75, 3.05) is 0 Å². The lowest BCUT2D eigenvalue weighted by Gasteiger charge is -2.28. The first kappa shape index (κ1) is 15.4. The standard InChI is InChI=1S/C15H19BrFNO2/c1-15(2,3)20-14(19)12(16)11-7-10(17)8-18-13(11)9-5-4-6-9/h7-9,12H,4-6H2,1-3H3. The van der Waals surface area contributed by atoms with Crippen molar-refractivity contribution in [1.29, 1.82) is 0 Å². The van der Waals surface area contributed by atoms with E-state index in [1.165, 1.54) is 12.3 Å². The summed E-state index contributed by atoms with van der Waals surface area (Å²) in [6.07, 6.45) is 4.45. The van der Waals surface area contributed by atoms with Crippen molar-refractivity contribution in [3.63, 3.8) is 0 Å². The normalized spacial score (nSPS) is 17.4. The summed E-state index contributed by atoms with van der Waals surface area (Å²) >= 11 is 3.33. The van der Waals surface area contributed by atoms with Crippen molar-refractivity contribution in [3.05, 3.63) is 29.3 Å². The third-order valence-corrected chi connectivity index (χ3v) is 4.16. The molecule has 1 saturated carbocycles. The largest absolute Gasteiger partial charge is 0.459 e. The fraction of sp³-hybridized carbons (Fsp3) is 0.600. The van der Waals surface area contributed by atoms with Crippen LogP contribution in [0.25, 0.3) is 0 Å². The number of rotatable bonds is 3. The van der Waals surface area contributed by atoms with E-state index in [-0.39, 0.29) is 0 Å². The first-order valence-corrected chi connectivity index (χ1v) is 7.72. The molecule has 1 aliphatic carbocycles. The van der Waals surface area contributed by atoms with Crippen LogP contribution < -0.4 is 0 Å². The number of alkyl halides is 1. The van der Waals surface area contributed by atoms with Gasteiger partial charge in [0.15, 0.2) is 0 Å². The van der Waals surface area contributed by atoms with Crippen LogP contribution in [0.4, 0.5) is 4.39 Å². The molecule has 0 aromatic carbocycles. The van der Waals surface area contributed by atoms with Gasteiger partial charge in [-0.3, -0.25) is 9.78 Å². The van der Waals surface area contributed by atoms with E-state index in [0.717, 1.165) is 25.0 Å². The van der Waals surface area contributed by atoms with Crippen molar-refractivity contribution < 1.29 is 13.9 Å². The van der Waals surface area contributed by atoms with Crippen LogP contribution in [0.3, 0.4) is 0 Å². The Kier molecular flexibility index (Phi) is 4.47. The van der Waals surface area contributed by atoms with Crippen molar-refractivity contribution in [1.82, 2.24) is 4.98 Å². The first-order chi connectivity index (χ1) is 9.28. The van der Waals surface area contributed by atoms with E-state index in [2.05, 4.69) is 20.9 Å². The highest BCUT2D eigenvalue weighted by atomic mass is 79.9. The average molecular weight is 344 g/mol. The average Bonchev–Trinajstić information content (AvgIpc) is 2.25. The molecule has 0 spiro atoms. The minimum absolute atomic E-state index is 0.327. The highest BCUT2D eigenvalue weighted by Crippen LogP contribution is 2.40. The van der Waals surface area contributed by atoms with Crippen LogP contribution in [0.5, 0.6) is 0 Å². The molecule has 1 heterocycles. The van der Waals surface area contributed by atoms with Crippen LogP contribution >= 0.6 is 15.9 Å². The van der Waals surface area contributed by atoms with Gasteiger partial charge in [0.05, 0.1) is 6.20 Å². The predicted molar refractivity (Wildman–Crippen MR) is 78.3 cm³/mol. The Balaban J connectivity index is 2.25. The smallest absolute Gasteiger partial charge is 0.324 e. The monoisotopic (exact) mass is 343 g/mol. The van der Waals surface area contributed by atoms with E-state index in [0.29, 0.717) is 11.5 Å². The van der Waals surface area contributed by atoms with Gasteiger partial charge >= 0.3 is 5.97 Å². The van der Waals surface area contributed by atoms with Crippen LogP contribution in [0.1, 0.15) is 62.0 Å². The Bertz CT molecular complexity index is 509. The summed E-state index contributed by atoms with van der Waals surface area (Å²) in [5.41, 5.74) is 0.829. The van der Waals surface area contributed by atoms with Gasteiger partial charge in [-0.25, -0.2) is 4.39 Å². The Labute approximate surface area is 127 Å². The van der Waals surface area contributed by atoms with E-state index < -0.39 is 22.2 Å². The number of aromatic nitrogens is 1. The number of pyridine rings is 1. The molecule has 0 amide bonds. The van der Waals surface area contributed by atoms with Gasteiger partial charge in [0.25, 0.3) is 0 Å². The summed E-state index contributed by atoms with van der Waals surface area (Å²) in [5, 5.41) is 0. The van der Waals surface area contributed by atoms with Crippen molar-refractivity contribution in [2.24, 2.45) is 0 Å². The van der Waals surface area contributed by atoms with E-state index in [9.17, 15) is 9.18 Å². The number of nitrogens with zero attached hydrogens (tertiary/aromatic N) is 1. The lowest BCUT2D eigenvalue weighted by atomic mass is 9.80. The summed E-state index contributed by atoms with van der Waals surface area (Å²) < 4.78 is 18.8. The molecule has 1 fully saturated rings. The van der Waals surface area contributed by atoms with Gasteiger partial charge in [-0.05, 0) is 39.7 Å². The van der Waals surface area contributed by atoms with Gasteiger partial charge in [-0.15, -0.1) is 0 Å². The highest BCUT2D eigenvalue weighted by molar-refractivity contribution is 9.09. The molecule has 110 valence electrons. The number of halogens is 2. The molecular formula is C15H19BrFNO2. The van der Waals surface area contributed by atoms with Crippen LogP contribution in [-0.2, 0) is 9.53 Å². The molecule has 3 nitrogen and oxygen atoms in total. The second kappa shape index (κ2) is 5.80. The number of hydrogen-bond donors (Lipinski definition) is 0. The number of carbonyl (C=O) groups excluding carboxylic acids is 1. The summed E-state index contributed by atoms with van der Waals surface area (Å²) in [4.78, 5) is 15.6. The maximum atomic E-state index is 13.5. The SMILES string of the molecule is CC(C)(C)OC(=O)C(Br)c1cc(F)cnc1C1CCC1. The Morgan fingerprint density at radius 1 is 1.50 bits per heavy atom. The molecule has 1 aromatic heterocycles. The van der Waals surface area contributed by atoms with Gasteiger partial charge in [0.2, 0.25) is 0 Å². The zero-order chi connectivity index (χ0) is 14.9. The van der Waals surface area contributed by atoms with Crippen molar-refractivity contribution in [3.8, 4) is 0 Å². The fourth-order valence-electron chi connectivity index (χ4n) is 2.17. The van der Waals surface area contributed by atoms with Gasteiger partial charge in [0.1, 0.15) is 16.2 Å². The zero-order valence-corrected chi connectivity index (χ0v) is 13.5. The lowest BCUT2D eigenvalue weighted by molar-refractivity contribution is -0.154. The maximum absolute atomic E-state index is 13.5. The zero-order valence-electron chi connectivity index (χ0n) is 12.0. The predicted octanol–water partition coefficient (Wildman–Crippen LogP) is 4.27. The Hall–Kier alpha value is -0.970. The molecule has 0 radical (unpaired) electrons. The van der Waals surface area contributed by atoms with Gasteiger partial charge < -0.3 is 4.74 Å². The third-order valence-electron chi connectivity index (χ3n) is 3.29. The van der Waals surface area contributed by atoms with Crippen LogP contribution in [0.15, 0.2) is 12.3 Å². The minimum Gasteiger partial charge on any atom is -0.459 e. The van der Waals surface area contributed by atoms with Crippen LogP contribution in [0, 0.1) is 5.82 Å². The van der Waals surface area contributed by atoms with E-state index in [4.69, 9.17) is 4.74 Å². The highest BCUT2D eigenvalue weighted by Gasteiger charge is 2.31. The minimum atomic E-state index is -0.680. The quantitative estimate of drug-likeness (QED) is 0.607. The third kappa shape index (κ3) is 3.57. The van der Waals surface area contributed by atoms with E-state index in [1.807, 2.05) is 0 Å². The Morgan fingerprint density at radius 2 is 2.15 bits per heavy atom. The van der Waals surface area contributed by atoms with Gasteiger partial charge in [-0.1, -0.05) is 22.4 Å². The summed E-state index contributed by atoms with van der Waals surface area (Å²) in [5.74, 6) is -0.519. The molecule has 2 rings (SSSR count). The number of carbonyl (C=O) groups is 1. The van der Waals surface area contributed by atoms with E-state index >= 15 is 0 Å². The maximum Gasteiger partial charge on any atom is 0.324 e. The van der Waals surface area contributed by atoms with Gasteiger partial charge in [0, 0.05) is 17.2 Å². The topological polar surface area (TPSA) is 39.2 Å². The van der Waals surface area contributed by atoms with Gasteiger partial charge in [-0.2, -0.15) is 0 Å². The number of hydrogen-bond acceptors (Lipinski definition) is 3. The molecule has 1 unspecified atom stereocenters. The molecule has 0 N–H and O–H groups in total.